The van der Waals surface area contributed by atoms with Gasteiger partial charge in [-0.15, -0.1) is 0 Å². The van der Waals surface area contributed by atoms with Crippen LogP contribution >= 0.6 is 15.9 Å². The predicted molar refractivity (Wildman–Crippen MR) is 73.3 cm³/mol. The number of rotatable bonds is 1. The molecule has 0 unspecified atom stereocenters. The van der Waals surface area contributed by atoms with Gasteiger partial charge in [0.2, 0.25) is 0 Å². The SMILES string of the molecule is Cc1cc(NC(=O)C(=O)N2CCCC2)ccc1Br. The predicted octanol–water partition coefficient (Wildman–Crippen LogP) is 2.32. The Labute approximate surface area is 114 Å². The zero-order valence-electron chi connectivity index (χ0n) is 10.2. The summed E-state index contributed by atoms with van der Waals surface area (Å²) >= 11 is 3.39. The van der Waals surface area contributed by atoms with E-state index in [-0.39, 0.29) is 0 Å². The maximum absolute atomic E-state index is 11.8. The van der Waals surface area contributed by atoms with Gasteiger partial charge in [-0.1, -0.05) is 15.9 Å². The summed E-state index contributed by atoms with van der Waals surface area (Å²) in [5.41, 5.74) is 1.66. The molecule has 18 heavy (non-hydrogen) atoms. The lowest BCUT2D eigenvalue weighted by molar-refractivity contribution is -0.142. The van der Waals surface area contributed by atoms with Gasteiger partial charge in [0.05, 0.1) is 0 Å². The highest BCUT2D eigenvalue weighted by Gasteiger charge is 2.24. The fourth-order valence-electron chi connectivity index (χ4n) is 1.97. The third kappa shape index (κ3) is 2.90. The Morgan fingerprint density at radius 2 is 1.94 bits per heavy atom. The van der Waals surface area contributed by atoms with Gasteiger partial charge in [0.15, 0.2) is 0 Å². The van der Waals surface area contributed by atoms with Gasteiger partial charge >= 0.3 is 11.8 Å². The maximum atomic E-state index is 11.8. The van der Waals surface area contributed by atoms with Crippen LogP contribution in [0, 0.1) is 6.92 Å². The molecule has 1 aromatic carbocycles. The third-order valence-electron chi connectivity index (χ3n) is 3.00. The molecule has 0 bridgehead atoms. The van der Waals surface area contributed by atoms with Crippen LogP contribution in [0.5, 0.6) is 0 Å². The molecule has 4 nitrogen and oxygen atoms in total. The van der Waals surface area contributed by atoms with Crippen LogP contribution in [-0.2, 0) is 9.59 Å². The summed E-state index contributed by atoms with van der Waals surface area (Å²) in [5, 5.41) is 2.64. The molecule has 0 radical (unpaired) electrons. The number of carbonyl (C=O) groups excluding carboxylic acids is 2. The van der Waals surface area contributed by atoms with E-state index in [1.165, 1.54) is 0 Å². The second-order valence-corrected chi connectivity index (χ2v) is 5.27. The van der Waals surface area contributed by atoms with Crippen LogP contribution in [0.15, 0.2) is 22.7 Å². The Morgan fingerprint density at radius 3 is 2.56 bits per heavy atom. The number of aryl methyl sites for hydroxylation is 1. The van der Waals surface area contributed by atoms with Crippen LogP contribution in [-0.4, -0.2) is 29.8 Å². The summed E-state index contributed by atoms with van der Waals surface area (Å²) in [6.45, 7) is 3.30. The zero-order chi connectivity index (χ0) is 13.1. The van der Waals surface area contributed by atoms with Gasteiger partial charge in [-0.3, -0.25) is 9.59 Å². The highest BCUT2D eigenvalue weighted by molar-refractivity contribution is 9.10. The van der Waals surface area contributed by atoms with Gasteiger partial charge in [0.1, 0.15) is 0 Å². The lowest BCUT2D eigenvalue weighted by Crippen LogP contribution is -2.37. The molecule has 0 aliphatic carbocycles. The normalized spacial score (nSPS) is 14.7. The summed E-state index contributed by atoms with van der Waals surface area (Å²) in [5.74, 6) is -0.994. The number of carbonyl (C=O) groups is 2. The van der Waals surface area contributed by atoms with E-state index < -0.39 is 11.8 Å². The maximum Gasteiger partial charge on any atom is 0.313 e. The van der Waals surface area contributed by atoms with Crippen molar-refractivity contribution in [3.63, 3.8) is 0 Å². The van der Waals surface area contributed by atoms with E-state index in [1.807, 2.05) is 19.1 Å². The zero-order valence-corrected chi connectivity index (χ0v) is 11.8. The highest BCUT2D eigenvalue weighted by Crippen LogP contribution is 2.20. The quantitative estimate of drug-likeness (QED) is 0.809. The standard InChI is InChI=1S/C13H15BrN2O2/c1-9-8-10(4-5-11(9)14)15-12(17)13(18)16-6-2-3-7-16/h4-5,8H,2-3,6-7H2,1H3,(H,15,17). The summed E-state index contributed by atoms with van der Waals surface area (Å²) in [6, 6.07) is 5.46. The molecule has 1 N–H and O–H groups in total. The Balaban J connectivity index is 2.01. The molecule has 0 saturated carbocycles. The van der Waals surface area contributed by atoms with Crippen molar-refractivity contribution in [3.05, 3.63) is 28.2 Å². The van der Waals surface area contributed by atoms with Crippen molar-refractivity contribution in [1.82, 2.24) is 4.90 Å². The summed E-state index contributed by atoms with van der Waals surface area (Å²) in [6.07, 6.45) is 1.97. The summed E-state index contributed by atoms with van der Waals surface area (Å²) in [4.78, 5) is 25.2. The largest absolute Gasteiger partial charge is 0.334 e. The van der Waals surface area contributed by atoms with Crippen LogP contribution in [0.1, 0.15) is 18.4 Å². The molecule has 0 atom stereocenters. The number of benzene rings is 1. The number of nitrogens with one attached hydrogen (secondary N) is 1. The first-order valence-corrected chi connectivity index (χ1v) is 6.73. The third-order valence-corrected chi connectivity index (χ3v) is 3.89. The summed E-state index contributed by atoms with van der Waals surface area (Å²) < 4.78 is 0.978. The minimum atomic E-state index is -0.557. The highest BCUT2D eigenvalue weighted by atomic mass is 79.9. The van der Waals surface area contributed by atoms with Crippen molar-refractivity contribution < 1.29 is 9.59 Å². The average Bonchev–Trinajstić information content (AvgIpc) is 2.86. The Kier molecular flexibility index (Phi) is 4.01. The van der Waals surface area contributed by atoms with Gasteiger partial charge in [-0.25, -0.2) is 0 Å². The molecule has 1 saturated heterocycles. The fourth-order valence-corrected chi connectivity index (χ4v) is 2.22. The molecule has 96 valence electrons. The van der Waals surface area contributed by atoms with E-state index in [1.54, 1.807) is 11.0 Å². The molecule has 2 rings (SSSR count). The number of hydrogen-bond donors (Lipinski definition) is 1. The Bertz CT molecular complexity index is 482. The number of hydrogen-bond acceptors (Lipinski definition) is 2. The molecule has 1 fully saturated rings. The number of nitrogens with zero attached hydrogens (tertiary/aromatic N) is 1. The van der Waals surface area contributed by atoms with E-state index in [9.17, 15) is 9.59 Å². The lowest BCUT2D eigenvalue weighted by atomic mass is 10.2. The minimum Gasteiger partial charge on any atom is -0.334 e. The van der Waals surface area contributed by atoms with E-state index in [4.69, 9.17) is 0 Å². The monoisotopic (exact) mass is 310 g/mol. The Morgan fingerprint density at radius 1 is 1.28 bits per heavy atom. The first-order valence-electron chi connectivity index (χ1n) is 5.94. The lowest BCUT2D eigenvalue weighted by Gasteiger charge is -2.14. The molecule has 1 aromatic rings. The van der Waals surface area contributed by atoms with Crippen molar-refractivity contribution >= 4 is 33.4 Å². The van der Waals surface area contributed by atoms with Gasteiger partial charge in [0, 0.05) is 23.2 Å². The molecular weight excluding hydrogens is 296 g/mol. The Hall–Kier alpha value is -1.36. The second kappa shape index (κ2) is 5.52. The molecule has 0 aromatic heterocycles. The van der Waals surface area contributed by atoms with Crippen molar-refractivity contribution in [2.75, 3.05) is 18.4 Å². The van der Waals surface area contributed by atoms with Gasteiger partial charge in [-0.2, -0.15) is 0 Å². The van der Waals surface area contributed by atoms with Crippen LogP contribution in [0.3, 0.4) is 0 Å². The molecule has 1 aliphatic heterocycles. The molecule has 5 heteroatoms. The number of anilines is 1. The van der Waals surface area contributed by atoms with E-state index in [0.29, 0.717) is 18.8 Å². The average molecular weight is 311 g/mol. The smallest absolute Gasteiger partial charge is 0.313 e. The van der Waals surface area contributed by atoms with Crippen LogP contribution in [0.2, 0.25) is 0 Å². The van der Waals surface area contributed by atoms with Gasteiger partial charge in [-0.05, 0) is 43.5 Å². The van der Waals surface area contributed by atoms with Crippen molar-refractivity contribution in [3.8, 4) is 0 Å². The molecule has 1 aliphatic rings. The van der Waals surface area contributed by atoms with E-state index in [0.717, 1.165) is 22.9 Å². The second-order valence-electron chi connectivity index (χ2n) is 4.42. The molecule has 2 amide bonds. The first kappa shape index (κ1) is 13.1. The number of amides is 2. The molecule has 0 spiro atoms. The van der Waals surface area contributed by atoms with Crippen molar-refractivity contribution in [2.45, 2.75) is 19.8 Å². The first-order chi connectivity index (χ1) is 8.58. The molecular formula is C13H15BrN2O2. The van der Waals surface area contributed by atoms with Crippen LogP contribution in [0.4, 0.5) is 5.69 Å². The number of likely N-dealkylation sites (tertiary alicyclic amines) is 1. The van der Waals surface area contributed by atoms with Crippen LogP contribution < -0.4 is 5.32 Å². The van der Waals surface area contributed by atoms with Crippen molar-refractivity contribution in [1.29, 1.82) is 0 Å². The van der Waals surface area contributed by atoms with Crippen molar-refractivity contribution in [2.24, 2.45) is 0 Å². The number of halogens is 1. The van der Waals surface area contributed by atoms with E-state index >= 15 is 0 Å². The molecule has 1 heterocycles. The summed E-state index contributed by atoms with van der Waals surface area (Å²) in [7, 11) is 0. The van der Waals surface area contributed by atoms with Crippen LogP contribution in [0.25, 0.3) is 0 Å². The topological polar surface area (TPSA) is 49.4 Å². The van der Waals surface area contributed by atoms with Gasteiger partial charge < -0.3 is 10.2 Å². The fraction of sp³-hybridized carbons (Fsp3) is 0.385. The minimum absolute atomic E-state index is 0.437. The van der Waals surface area contributed by atoms with Gasteiger partial charge in [0.25, 0.3) is 0 Å². The van der Waals surface area contributed by atoms with E-state index in [2.05, 4.69) is 21.2 Å².